The average Bonchev–Trinajstić information content (AvgIpc) is 3.30. The summed E-state index contributed by atoms with van der Waals surface area (Å²) in [5, 5.41) is 11.6. The molecular weight excluding hydrogens is 404 g/mol. The van der Waals surface area contributed by atoms with Crippen LogP contribution in [0.1, 0.15) is 44.3 Å². The topological polar surface area (TPSA) is 82.2 Å². The van der Waals surface area contributed by atoms with E-state index in [-0.39, 0.29) is 18.2 Å². The second-order valence-electron chi connectivity index (χ2n) is 7.75. The molecule has 4 aromatic rings. The zero-order valence-electron chi connectivity index (χ0n) is 18.7. The summed E-state index contributed by atoms with van der Waals surface area (Å²) >= 11 is 0. The Labute approximate surface area is 187 Å². The van der Waals surface area contributed by atoms with Gasteiger partial charge in [-0.25, -0.2) is 4.68 Å². The summed E-state index contributed by atoms with van der Waals surface area (Å²) in [6.45, 7) is 8.25. The van der Waals surface area contributed by atoms with Gasteiger partial charge in [0.2, 0.25) is 0 Å². The van der Waals surface area contributed by atoms with E-state index in [2.05, 4.69) is 15.6 Å². The Balaban J connectivity index is 1.47. The largest absolute Gasteiger partial charge is 0.489 e. The van der Waals surface area contributed by atoms with Crippen molar-refractivity contribution in [2.24, 2.45) is 0 Å². The first-order valence-electron chi connectivity index (χ1n) is 10.5. The average molecular weight is 431 g/mol. The van der Waals surface area contributed by atoms with Crippen LogP contribution < -0.4 is 10.1 Å². The maximum atomic E-state index is 12.9. The summed E-state index contributed by atoms with van der Waals surface area (Å²) in [5.74, 6) is 0.986. The lowest BCUT2D eigenvalue weighted by Crippen LogP contribution is -2.25. The van der Waals surface area contributed by atoms with Gasteiger partial charge in [0.05, 0.1) is 16.9 Å². The van der Waals surface area contributed by atoms with Gasteiger partial charge in [0.15, 0.2) is 5.69 Å². The molecule has 0 atom stereocenters. The number of nitrogens with zero attached hydrogens (tertiary/aromatic N) is 3. The van der Waals surface area contributed by atoms with Crippen molar-refractivity contribution < 1.29 is 14.1 Å². The maximum absolute atomic E-state index is 12.9. The fraction of sp³-hybridized carbons (Fsp3) is 0.240. The SMILES string of the molecule is Cc1cccc(OCc2c(C(=O)NCc3c(C)nn(-c4ccccc4)c3C)noc2C)c1. The Morgan fingerprint density at radius 3 is 2.56 bits per heavy atom. The van der Waals surface area contributed by atoms with Crippen LogP contribution in [0.3, 0.4) is 0 Å². The standard InChI is InChI=1S/C25H26N4O3/c1-16-9-8-12-21(13-16)31-15-23-19(4)32-28-24(23)25(30)26-14-22-17(2)27-29(18(22)3)20-10-6-5-7-11-20/h5-13H,14-15H2,1-4H3,(H,26,30). The van der Waals surface area contributed by atoms with Crippen molar-refractivity contribution in [1.29, 1.82) is 0 Å². The Bertz CT molecular complexity index is 1240. The molecule has 0 spiro atoms. The van der Waals surface area contributed by atoms with E-state index in [1.165, 1.54) is 0 Å². The Hall–Kier alpha value is -3.87. The number of hydrogen-bond donors (Lipinski definition) is 1. The lowest BCUT2D eigenvalue weighted by molar-refractivity contribution is 0.0939. The monoisotopic (exact) mass is 430 g/mol. The van der Waals surface area contributed by atoms with Gasteiger partial charge < -0.3 is 14.6 Å². The van der Waals surface area contributed by atoms with Crippen molar-refractivity contribution in [3.05, 3.63) is 94.1 Å². The third kappa shape index (κ3) is 4.42. The highest BCUT2D eigenvalue weighted by Gasteiger charge is 2.21. The molecule has 4 rings (SSSR count). The molecule has 2 aromatic carbocycles. The van der Waals surface area contributed by atoms with E-state index >= 15 is 0 Å². The lowest BCUT2D eigenvalue weighted by Gasteiger charge is -2.08. The zero-order chi connectivity index (χ0) is 22.7. The number of para-hydroxylation sites is 1. The smallest absolute Gasteiger partial charge is 0.274 e. The van der Waals surface area contributed by atoms with E-state index in [1.54, 1.807) is 6.92 Å². The predicted molar refractivity (Wildman–Crippen MR) is 121 cm³/mol. The first kappa shape index (κ1) is 21.4. The van der Waals surface area contributed by atoms with E-state index in [0.29, 0.717) is 17.9 Å². The van der Waals surface area contributed by atoms with Crippen LogP contribution in [0.25, 0.3) is 5.69 Å². The van der Waals surface area contributed by atoms with Gasteiger partial charge in [-0.1, -0.05) is 35.5 Å². The molecule has 0 saturated heterocycles. The molecule has 0 unspecified atom stereocenters. The van der Waals surface area contributed by atoms with Crippen molar-refractivity contribution in [2.75, 3.05) is 0 Å². The molecule has 1 N–H and O–H groups in total. The van der Waals surface area contributed by atoms with E-state index in [9.17, 15) is 4.79 Å². The lowest BCUT2D eigenvalue weighted by atomic mass is 10.1. The van der Waals surface area contributed by atoms with Gasteiger partial charge in [-0.3, -0.25) is 4.79 Å². The summed E-state index contributed by atoms with van der Waals surface area (Å²) in [7, 11) is 0. The number of carbonyl (C=O) groups excluding carboxylic acids is 1. The number of benzene rings is 2. The van der Waals surface area contributed by atoms with Crippen LogP contribution in [0.4, 0.5) is 0 Å². The molecule has 0 saturated carbocycles. The normalized spacial score (nSPS) is 10.9. The summed E-state index contributed by atoms with van der Waals surface area (Å²) in [4.78, 5) is 12.9. The second kappa shape index (κ2) is 9.09. The number of amides is 1. The number of ether oxygens (including phenoxy) is 1. The van der Waals surface area contributed by atoms with Crippen LogP contribution in [0, 0.1) is 27.7 Å². The first-order chi connectivity index (χ1) is 15.4. The van der Waals surface area contributed by atoms with Gasteiger partial charge in [-0.15, -0.1) is 0 Å². The zero-order valence-corrected chi connectivity index (χ0v) is 18.7. The predicted octanol–water partition coefficient (Wildman–Crippen LogP) is 4.60. The third-order valence-corrected chi connectivity index (χ3v) is 5.44. The minimum atomic E-state index is -0.309. The van der Waals surface area contributed by atoms with Crippen LogP contribution in [0.15, 0.2) is 59.1 Å². The number of aryl methyl sites for hydroxylation is 3. The molecule has 2 heterocycles. The van der Waals surface area contributed by atoms with Gasteiger partial charge in [-0.2, -0.15) is 5.10 Å². The van der Waals surface area contributed by atoms with E-state index in [4.69, 9.17) is 9.26 Å². The molecule has 2 aromatic heterocycles. The van der Waals surface area contributed by atoms with Crippen LogP contribution in [0.2, 0.25) is 0 Å². The Morgan fingerprint density at radius 1 is 1.03 bits per heavy atom. The molecule has 0 aliphatic rings. The highest BCUT2D eigenvalue weighted by atomic mass is 16.5. The van der Waals surface area contributed by atoms with Crippen LogP contribution >= 0.6 is 0 Å². The maximum Gasteiger partial charge on any atom is 0.274 e. The number of nitrogens with one attached hydrogen (secondary N) is 1. The van der Waals surface area contributed by atoms with E-state index in [1.807, 2.05) is 80.1 Å². The molecule has 0 aliphatic carbocycles. The van der Waals surface area contributed by atoms with Crippen molar-refractivity contribution in [2.45, 2.75) is 40.8 Å². The highest BCUT2D eigenvalue weighted by molar-refractivity contribution is 5.93. The van der Waals surface area contributed by atoms with Crippen molar-refractivity contribution in [3.8, 4) is 11.4 Å². The molecule has 1 amide bonds. The van der Waals surface area contributed by atoms with Gasteiger partial charge >= 0.3 is 0 Å². The molecule has 0 bridgehead atoms. The summed E-state index contributed by atoms with van der Waals surface area (Å²) in [5.41, 5.74) is 5.77. The number of carbonyl (C=O) groups is 1. The Morgan fingerprint density at radius 2 is 1.81 bits per heavy atom. The van der Waals surface area contributed by atoms with E-state index in [0.717, 1.165) is 34.0 Å². The third-order valence-electron chi connectivity index (χ3n) is 5.44. The summed E-state index contributed by atoms with van der Waals surface area (Å²) in [6, 6.07) is 17.7. The van der Waals surface area contributed by atoms with Gasteiger partial charge in [0.25, 0.3) is 5.91 Å². The molecule has 7 heteroatoms. The van der Waals surface area contributed by atoms with Crippen LogP contribution in [-0.4, -0.2) is 20.8 Å². The highest BCUT2D eigenvalue weighted by Crippen LogP contribution is 2.20. The Kier molecular flexibility index (Phi) is 6.07. The summed E-state index contributed by atoms with van der Waals surface area (Å²) < 4.78 is 13.0. The molecule has 0 fully saturated rings. The number of rotatable bonds is 7. The molecule has 0 radical (unpaired) electrons. The number of aromatic nitrogens is 3. The van der Waals surface area contributed by atoms with Gasteiger partial charge in [0.1, 0.15) is 18.1 Å². The van der Waals surface area contributed by atoms with Crippen LogP contribution in [-0.2, 0) is 13.2 Å². The second-order valence-corrected chi connectivity index (χ2v) is 7.75. The van der Waals surface area contributed by atoms with Crippen molar-refractivity contribution >= 4 is 5.91 Å². The molecular formula is C25H26N4O3. The fourth-order valence-corrected chi connectivity index (χ4v) is 3.60. The molecule has 32 heavy (non-hydrogen) atoms. The van der Waals surface area contributed by atoms with E-state index < -0.39 is 0 Å². The van der Waals surface area contributed by atoms with Gasteiger partial charge in [0, 0.05) is 17.8 Å². The molecule has 164 valence electrons. The summed E-state index contributed by atoms with van der Waals surface area (Å²) in [6.07, 6.45) is 0. The molecule has 7 nitrogen and oxygen atoms in total. The molecule has 0 aliphatic heterocycles. The fourth-order valence-electron chi connectivity index (χ4n) is 3.60. The minimum absolute atomic E-state index is 0.200. The van der Waals surface area contributed by atoms with Gasteiger partial charge in [-0.05, 0) is 57.5 Å². The number of hydrogen-bond acceptors (Lipinski definition) is 5. The minimum Gasteiger partial charge on any atom is -0.489 e. The first-order valence-corrected chi connectivity index (χ1v) is 10.5. The quantitative estimate of drug-likeness (QED) is 0.463. The van der Waals surface area contributed by atoms with Crippen molar-refractivity contribution in [1.82, 2.24) is 20.3 Å². The van der Waals surface area contributed by atoms with Crippen molar-refractivity contribution in [3.63, 3.8) is 0 Å². The van der Waals surface area contributed by atoms with Crippen LogP contribution in [0.5, 0.6) is 5.75 Å².